The van der Waals surface area contributed by atoms with Crippen LogP contribution in [0.3, 0.4) is 0 Å². The molecule has 0 bridgehead atoms. The average Bonchev–Trinajstić information content (AvgIpc) is 3.16. The number of fused-ring (bicyclic) bond motifs is 3. The van der Waals surface area contributed by atoms with Crippen LogP contribution in [0.2, 0.25) is 0 Å². The van der Waals surface area contributed by atoms with E-state index in [-0.39, 0.29) is 37.4 Å². The number of nitrogens with one attached hydrogen (secondary N) is 1. The number of rotatable bonds is 7. The fraction of sp³-hybridized carbons (Fsp3) is 0.444. The number of aliphatic carboxylic acids is 1. The molecule has 7 nitrogen and oxygen atoms in total. The molecule has 0 saturated carbocycles. The Labute approximate surface area is 200 Å². The van der Waals surface area contributed by atoms with Crippen molar-refractivity contribution in [3.63, 3.8) is 0 Å². The van der Waals surface area contributed by atoms with Crippen LogP contribution in [0.25, 0.3) is 11.1 Å². The lowest BCUT2D eigenvalue weighted by molar-refractivity contribution is -0.147. The molecule has 2 aliphatic rings. The summed E-state index contributed by atoms with van der Waals surface area (Å²) in [6, 6.07) is 16.3. The van der Waals surface area contributed by atoms with Gasteiger partial charge in [-0.1, -0.05) is 62.4 Å². The second-order valence-corrected chi connectivity index (χ2v) is 9.52. The molecular weight excluding hydrogens is 432 g/mol. The van der Waals surface area contributed by atoms with Crippen LogP contribution in [-0.2, 0) is 14.3 Å². The topological polar surface area (TPSA) is 95.9 Å². The van der Waals surface area contributed by atoms with E-state index in [2.05, 4.69) is 29.6 Å². The summed E-state index contributed by atoms with van der Waals surface area (Å²) in [5.41, 5.74) is 4.62. The lowest BCUT2D eigenvalue weighted by Crippen LogP contribution is -2.48. The second-order valence-electron chi connectivity index (χ2n) is 9.52. The summed E-state index contributed by atoms with van der Waals surface area (Å²) in [5.74, 6) is -1.97. The van der Waals surface area contributed by atoms with Gasteiger partial charge in [0.2, 0.25) is 5.91 Å². The average molecular weight is 465 g/mol. The maximum Gasteiger partial charge on any atom is 0.407 e. The van der Waals surface area contributed by atoms with E-state index in [4.69, 9.17) is 4.74 Å². The van der Waals surface area contributed by atoms with Crippen molar-refractivity contribution in [2.75, 3.05) is 26.2 Å². The number of alkyl carbamates (subject to hydrolysis) is 1. The number of nitrogens with zero attached hydrogens (tertiary/aromatic N) is 1. The Morgan fingerprint density at radius 3 is 2.26 bits per heavy atom. The normalized spacial score (nSPS) is 18.2. The monoisotopic (exact) mass is 464 g/mol. The molecule has 34 heavy (non-hydrogen) atoms. The Morgan fingerprint density at radius 1 is 1.06 bits per heavy atom. The Balaban J connectivity index is 1.35. The summed E-state index contributed by atoms with van der Waals surface area (Å²) in [6.45, 7) is 5.01. The van der Waals surface area contributed by atoms with E-state index >= 15 is 0 Å². The van der Waals surface area contributed by atoms with Crippen molar-refractivity contribution < 1.29 is 24.2 Å². The van der Waals surface area contributed by atoms with E-state index in [1.807, 2.05) is 38.1 Å². The van der Waals surface area contributed by atoms with Gasteiger partial charge in [0.15, 0.2) is 0 Å². The van der Waals surface area contributed by atoms with Gasteiger partial charge in [0, 0.05) is 25.6 Å². The number of carboxylic acids is 1. The van der Waals surface area contributed by atoms with Crippen molar-refractivity contribution in [1.29, 1.82) is 0 Å². The van der Waals surface area contributed by atoms with Gasteiger partial charge in [0.1, 0.15) is 6.61 Å². The number of benzene rings is 2. The Hall–Kier alpha value is -3.35. The van der Waals surface area contributed by atoms with Gasteiger partial charge >= 0.3 is 12.1 Å². The van der Waals surface area contributed by atoms with Gasteiger partial charge in [-0.3, -0.25) is 9.59 Å². The van der Waals surface area contributed by atoms with E-state index < -0.39 is 23.9 Å². The first-order valence-corrected chi connectivity index (χ1v) is 12.0. The summed E-state index contributed by atoms with van der Waals surface area (Å²) >= 11 is 0. The molecule has 180 valence electrons. The van der Waals surface area contributed by atoms with Crippen molar-refractivity contribution in [2.45, 2.75) is 32.6 Å². The van der Waals surface area contributed by atoms with E-state index in [9.17, 15) is 19.5 Å². The summed E-state index contributed by atoms with van der Waals surface area (Å²) in [5, 5.41) is 12.1. The van der Waals surface area contributed by atoms with Gasteiger partial charge < -0.3 is 20.1 Å². The van der Waals surface area contributed by atoms with Crippen molar-refractivity contribution in [3.8, 4) is 11.1 Å². The van der Waals surface area contributed by atoms with Crippen molar-refractivity contribution >= 4 is 18.0 Å². The zero-order valence-corrected chi connectivity index (χ0v) is 19.7. The third-order valence-electron chi connectivity index (χ3n) is 7.01. The molecule has 2 amide bonds. The van der Waals surface area contributed by atoms with Crippen LogP contribution in [0, 0.1) is 17.8 Å². The quantitative estimate of drug-likeness (QED) is 0.643. The number of piperidine rings is 1. The number of carbonyl (C=O) groups is 3. The Kier molecular flexibility index (Phi) is 7.20. The van der Waals surface area contributed by atoms with Gasteiger partial charge in [0.25, 0.3) is 0 Å². The molecule has 1 aliphatic carbocycles. The van der Waals surface area contributed by atoms with E-state index in [1.54, 1.807) is 4.90 Å². The van der Waals surface area contributed by atoms with Crippen molar-refractivity contribution in [1.82, 2.24) is 10.2 Å². The third-order valence-corrected chi connectivity index (χ3v) is 7.01. The molecule has 2 aromatic rings. The van der Waals surface area contributed by atoms with Gasteiger partial charge in [0.05, 0.1) is 11.8 Å². The maximum absolute atomic E-state index is 13.1. The van der Waals surface area contributed by atoms with Gasteiger partial charge in [-0.15, -0.1) is 0 Å². The number of ether oxygens (including phenoxy) is 1. The van der Waals surface area contributed by atoms with Crippen LogP contribution in [0.15, 0.2) is 48.5 Å². The minimum Gasteiger partial charge on any atom is -0.481 e. The SMILES string of the molecule is CC(C)C(CNC(=O)OCC1c2ccccc2-c2ccccc21)C(=O)N1CCC[C@@H](C(=O)O)C1. The summed E-state index contributed by atoms with van der Waals surface area (Å²) < 4.78 is 5.59. The number of likely N-dealkylation sites (tertiary alicyclic amines) is 1. The highest BCUT2D eigenvalue weighted by atomic mass is 16.5. The molecule has 1 fully saturated rings. The molecule has 1 saturated heterocycles. The number of carbonyl (C=O) groups excluding carboxylic acids is 2. The molecular formula is C27H32N2O5. The molecule has 4 rings (SSSR count). The minimum atomic E-state index is -0.865. The van der Waals surface area contributed by atoms with Crippen LogP contribution in [0.4, 0.5) is 4.79 Å². The highest BCUT2D eigenvalue weighted by Crippen LogP contribution is 2.44. The lowest BCUT2D eigenvalue weighted by Gasteiger charge is -2.34. The maximum atomic E-state index is 13.1. The minimum absolute atomic E-state index is 0.00779. The number of amides is 2. The predicted molar refractivity (Wildman–Crippen MR) is 128 cm³/mol. The number of hydrogen-bond acceptors (Lipinski definition) is 4. The highest BCUT2D eigenvalue weighted by molar-refractivity contribution is 5.81. The first kappa shape index (κ1) is 23.8. The second kappa shape index (κ2) is 10.3. The smallest absolute Gasteiger partial charge is 0.407 e. The summed E-state index contributed by atoms with van der Waals surface area (Å²) in [4.78, 5) is 38.7. The third kappa shape index (κ3) is 4.93. The molecule has 7 heteroatoms. The first-order chi connectivity index (χ1) is 16.4. The molecule has 0 spiro atoms. The van der Waals surface area contributed by atoms with Crippen LogP contribution < -0.4 is 5.32 Å². The van der Waals surface area contributed by atoms with E-state index in [1.165, 1.54) is 11.1 Å². The molecule has 1 unspecified atom stereocenters. The fourth-order valence-corrected chi connectivity index (χ4v) is 5.06. The molecule has 2 atom stereocenters. The molecule has 1 heterocycles. The van der Waals surface area contributed by atoms with Crippen LogP contribution in [0.1, 0.15) is 43.7 Å². The van der Waals surface area contributed by atoms with Gasteiger partial charge in [-0.2, -0.15) is 0 Å². The standard InChI is InChI=1S/C27H32N2O5/c1-17(2)23(25(30)29-13-7-8-18(15-29)26(31)32)14-28-27(33)34-16-24-21-11-5-3-9-19(21)20-10-4-6-12-22(20)24/h3-6,9-12,17-18,23-24H,7-8,13-16H2,1-2H3,(H,28,33)(H,31,32)/t18-,23?/m1/s1. The zero-order valence-electron chi connectivity index (χ0n) is 19.7. The number of hydrogen-bond donors (Lipinski definition) is 2. The summed E-state index contributed by atoms with van der Waals surface area (Å²) in [7, 11) is 0. The lowest BCUT2D eigenvalue weighted by atomic mass is 9.91. The number of carboxylic acid groups (broad SMARTS) is 1. The van der Waals surface area contributed by atoms with E-state index in [0.29, 0.717) is 19.4 Å². The van der Waals surface area contributed by atoms with Crippen molar-refractivity contribution in [3.05, 3.63) is 59.7 Å². The highest BCUT2D eigenvalue weighted by Gasteiger charge is 2.34. The zero-order chi connectivity index (χ0) is 24.2. The van der Waals surface area contributed by atoms with Crippen LogP contribution >= 0.6 is 0 Å². The first-order valence-electron chi connectivity index (χ1n) is 12.0. The predicted octanol–water partition coefficient (Wildman–Crippen LogP) is 4.12. The molecule has 0 aromatic heterocycles. The molecule has 1 aliphatic heterocycles. The molecule has 2 aromatic carbocycles. The Morgan fingerprint density at radius 2 is 1.68 bits per heavy atom. The molecule has 0 radical (unpaired) electrons. The van der Waals surface area contributed by atoms with Crippen LogP contribution in [-0.4, -0.2) is 54.2 Å². The van der Waals surface area contributed by atoms with Gasteiger partial charge in [-0.25, -0.2) is 4.79 Å². The van der Waals surface area contributed by atoms with Gasteiger partial charge in [-0.05, 0) is 41.0 Å². The Bertz CT molecular complexity index is 1020. The largest absolute Gasteiger partial charge is 0.481 e. The summed E-state index contributed by atoms with van der Waals surface area (Å²) in [6.07, 6.45) is 0.707. The van der Waals surface area contributed by atoms with Crippen LogP contribution in [0.5, 0.6) is 0 Å². The van der Waals surface area contributed by atoms with Crippen molar-refractivity contribution in [2.24, 2.45) is 17.8 Å². The molecule has 2 N–H and O–H groups in total. The fourth-order valence-electron chi connectivity index (χ4n) is 5.06. The van der Waals surface area contributed by atoms with E-state index in [0.717, 1.165) is 11.1 Å².